The zero-order valence-corrected chi connectivity index (χ0v) is 19.0. The summed E-state index contributed by atoms with van der Waals surface area (Å²) in [5.41, 5.74) is 1.76. The number of carbonyl (C=O) groups is 1. The lowest BCUT2D eigenvalue weighted by atomic mass is 9.88. The largest absolute Gasteiger partial charge is 0.394 e. The predicted octanol–water partition coefficient (Wildman–Crippen LogP) is 4.01. The molecule has 1 heterocycles. The van der Waals surface area contributed by atoms with E-state index < -0.39 is 16.5 Å². The van der Waals surface area contributed by atoms with Crippen molar-refractivity contribution in [3.63, 3.8) is 0 Å². The lowest BCUT2D eigenvalue weighted by Crippen LogP contribution is -2.45. The van der Waals surface area contributed by atoms with Crippen molar-refractivity contribution in [2.75, 3.05) is 7.05 Å². The van der Waals surface area contributed by atoms with Gasteiger partial charge in [0.1, 0.15) is 0 Å². The highest BCUT2D eigenvalue weighted by Crippen LogP contribution is 2.30. The van der Waals surface area contributed by atoms with Gasteiger partial charge in [0.05, 0.1) is 6.10 Å². The van der Waals surface area contributed by atoms with E-state index in [0.29, 0.717) is 12.5 Å². The van der Waals surface area contributed by atoms with Crippen LogP contribution in [0.4, 0.5) is 0 Å². The molecule has 3 N–H and O–H groups in total. The summed E-state index contributed by atoms with van der Waals surface area (Å²) in [7, 11) is -2.56. The van der Waals surface area contributed by atoms with Crippen molar-refractivity contribution in [1.82, 2.24) is 4.90 Å². The Morgan fingerprint density at radius 3 is 2.03 bits per heavy atom. The first-order valence-corrected chi connectivity index (χ1v) is 11.3. The van der Waals surface area contributed by atoms with E-state index in [4.69, 9.17) is 17.5 Å². The zero-order valence-electron chi connectivity index (χ0n) is 17.4. The second-order valence-electron chi connectivity index (χ2n) is 7.51. The second-order valence-corrected chi connectivity index (χ2v) is 8.40. The third-order valence-electron chi connectivity index (χ3n) is 5.42. The number of benzene rings is 2. The number of Topliss-reactive ketones (excluding diaryl/α,β-unsaturated/α-hetero) is 1. The van der Waals surface area contributed by atoms with Crippen LogP contribution in [0, 0.1) is 0 Å². The normalized spacial score (nSPS) is 20.0. The van der Waals surface area contributed by atoms with E-state index in [9.17, 15) is 9.90 Å². The highest BCUT2D eigenvalue weighted by atomic mass is 35.5. The first kappa shape index (κ1) is 27.2. The standard InChI is InChI=1S/C22H27NO2.ClH.H2O4S/c1-23-19(15-21(24)17-9-4-2-5-10-17)13-8-14-20(23)16-22(25)18-11-6-3-7-12-18;;1-5(2,3)4/h2-7,9-12,19-21,24H,8,13-16H2,1H3;1H;(H2,1,2,3,4)/t19-,20+,21-;;/m0../s1. The van der Waals surface area contributed by atoms with Crippen LogP contribution in [-0.2, 0) is 10.4 Å². The number of halogens is 1. The molecular formula is C22H30ClNO6S. The van der Waals surface area contributed by atoms with Crippen LogP contribution < -0.4 is 0 Å². The Bertz CT molecular complexity index is 887. The molecule has 7 nitrogen and oxygen atoms in total. The maximum absolute atomic E-state index is 12.5. The molecular weight excluding hydrogens is 442 g/mol. The lowest BCUT2D eigenvalue weighted by Gasteiger charge is -2.40. The summed E-state index contributed by atoms with van der Waals surface area (Å²) >= 11 is 0. The average Bonchev–Trinajstić information content (AvgIpc) is 2.71. The van der Waals surface area contributed by atoms with Crippen molar-refractivity contribution in [3.8, 4) is 0 Å². The maximum atomic E-state index is 12.5. The summed E-state index contributed by atoms with van der Waals surface area (Å²) in [6, 6.07) is 20.0. The molecule has 0 unspecified atom stereocenters. The first-order valence-electron chi connectivity index (χ1n) is 9.88. The van der Waals surface area contributed by atoms with Crippen molar-refractivity contribution in [2.24, 2.45) is 0 Å². The van der Waals surface area contributed by atoms with Crippen molar-refractivity contribution in [2.45, 2.75) is 50.3 Å². The van der Waals surface area contributed by atoms with E-state index in [1.807, 2.05) is 60.7 Å². The predicted molar refractivity (Wildman–Crippen MR) is 122 cm³/mol. The van der Waals surface area contributed by atoms with Crippen LogP contribution in [0.3, 0.4) is 0 Å². The first-order chi connectivity index (χ1) is 14.1. The van der Waals surface area contributed by atoms with E-state index in [1.165, 1.54) is 0 Å². The fourth-order valence-corrected chi connectivity index (χ4v) is 3.85. The molecule has 0 amide bonds. The van der Waals surface area contributed by atoms with Gasteiger partial charge in [0, 0.05) is 24.1 Å². The van der Waals surface area contributed by atoms with E-state index in [2.05, 4.69) is 11.9 Å². The Morgan fingerprint density at radius 1 is 1.00 bits per heavy atom. The Labute approximate surface area is 190 Å². The number of hydrogen-bond donors (Lipinski definition) is 3. The fourth-order valence-electron chi connectivity index (χ4n) is 3.85. The molecule has 9 heteroatoms. The van der Waals surface area contributed by atoms with Gasteiger partial charge in [-0.1, -0.05) is 67.1 Å². The van der Waals surface area contributed by atoms with E-state index in [-0.39, 0.29) is 24.2 Å². The number of ketones is 1. The Hall–Kier alpha value is -1.81. The average molecular weight is 472 g/mol. The quantitative estimate of drug-likeness (QED) is 0.430. The van der Waals surface area contributed by atoms with Gasteiger partial charge in [0.25, 0.3) is 0 Å². The van der Waals surface area contributed by atoms with Crippen LogP contribution in [0.2, 0.25) is 0 Å². The number of aliphatic hydroxyl groups excluding tert-OH is 1. The van der Waals surface area contributed by atoms with Crippen molar-refractivity contribution in [3.05, 3.63) is 71.8 Å². The topological polar surface area (TPSA) is 115 Å². The number of likely N-dealkylation sites (tertiary alicyclic amines) is 1. The van der Waals surface area contributed by atoms with Crippen LogP contribution in [0.5, 0.6) is 0 Å². The molecule has 0 aliphatic carbocycles. The molecule has 1 aliphatic rings. The third kappa shape index (κ3) is 9.90. The third-order valence-corrected chi connectivity index (χ3v) is 5.42. The lowest BCUT2D eigenvalue weighted by molar-refractivity contribution is 0.0549. The van der Waals surface area contributed by atoms with Crippen molar-refractivity contribution >= 4 is 28.6 Å². The summed E-state index contributed by atoms with van der Waals surface area (Å²) in [5.74, 6) is 0.210. The van der Waals surface area contributed by atoms with Crippen LogP contribution in [-0.4, -0.2) is 52.4 Å². The van der Waals surface area contributed by atoms with Gasteiger partial charge >= 0.3 is 10.4 Å². The van der Waals surface area contributed by atoms with Gasteiger partial charge in [-0.3, -0.25) is 18.8 Å². The zero-order chi connectivity index (χ0) is 22.1. The molecule has 3 atom stereocenters. The van der Waals surface area contributed by atoms with Gasteiger partial charge in [-0.05, 0) is 31.9 Å². The molecule has 0 aromatic heterocycles. The van der Waals surface area contributed by atoms with Crippen molar-refractivity contribution < 1.29 is 27.4 Å². The molecule has 3 rings (SSSR count). The summed E-state index contributed by atoms with van der Waals surface area (Å²) in [5, 5.41) is 10.5. The van der Waals surface area contributed by atoms with Crippen LogP contribution in [0.25, 0.3) is 0 Å². The van der Waals surface area contributed by atoms with Crippen LogP contribution in [0.1, 0.15) is 54.1 Å². The molecule has 172 valence electrons. The van der Waals surface area contributed by atoms with Gasteiger partial charge in [-0.2, -0.15) is 8.42 Å². The molecule has 1 fully saturated rings. The van der Waals surface area contributed by atoms with Gasteiger partial charge in [0.2, 0.25) is 0 Å². The number of aliphatic hydroxyl groups is 1. The summed E-state index contributed by atoms with van der Waals surface area (Å²) in [6.45, 7) is 0. The molecule has 0 radical (unpaired) electrons. The second kappa shape index (κ2) is 12.9. The summed E-state index contributed by atoms with van der Waals surface area (Å²) in [4.78, 5) is 14.8. The van der Waals surface area contributed by atoms with Gasteiger partial charge < -0.3 is 5.11 Å². The minimum absolute atomic E-state index is 0. The van der Waals surface area contributed by atoms with Gasteiger partial charge in [-0.15, -0.1) is 12.4 Å². The highest BCUT2D eigenvalue weighted by molar-refractivity contribution is 7.79. The number of carbonyl (C=O) groups excluding carboxylic acids is 1. The Balaban J connectivity index is 0.000000721. The molecule has 2 aromatic rings. The van der Waals surface area contributed by atoms with Crippen molar-refractivity contribution in [1.29, 1.82) is 0 Å². The smallest absolute Gasteiger partial charge is 0.388 e. The van der Waals surface area contributed by atoms with Crippen LogP contribution >= 0.6 is 12.4 Å². The van der Waals surface area contributed by atoms with Crippen LogP contribution in [0.15, 0.2) is 60.7 Å². The molecule has 0 spiro atoms. The molecule has 1 saturated heterocycles. The molecule has 31 heavy (non-hydrogen) atoms. The minimum Gasteiger partial charge on any atom is -0.388 e. The van der Waals surface area contributed by atoms with Gasteiger partial charge in [0.15, 0.2) is 5.78 Å². The molecule has 0 saturated carbocycles. The Kier molecular flexibility index (Phi) is 11.3. The highest BCUT2D eigenvalue weighted by Gasteiger charge is 2.30. The molecule has 1 aliphatic heterocycles. The fraction of sp³-hybridized carbons (Fsp3) is 0.409. The minimum atomic E-state index is -4.67. The number of piperidine rings is 1. The number of hydrogen-bond acceptors (Lipinski definition) is 5. The Morgan fingerprint density at radius 2 is 1.48 bits per heavy atom. The van der Waals surface area contributed by atoms with E-state index in [0.717, 1.165) is 36.8 Å². The maximum Gasteiger partial charge on any atom is 0.394 e. The monoisotopic (exact) mass is 471 g/mol. The summed E-state index contributed by atoms with van der Waals surface area (Å²) in [6.07, 6.45) is 4.07. The van der Waals surface area contributed by atoms with Gasteiger partial charge in [-0.25, -0.2) is 0 Å². The van der Waals surface area contributed by atoms with E-state index in [1.54, 1.807) is 0 Å². The number of rotatable bonds is 6. The number of nitrogens with zero attached hydrogens (tertiary/aromatic N) is 1. The van der Waals surface area contributed by atoms with E-state index >= 15 is 0 Å². The molecule has 2 aromatic carbocycles. The summed E-state index contributed by atoms with van der Waals surface area (Å²) < 4.78 is 31.6. The molecule has 0 bridgehead atoms. The SMILES string of the molecule is CN1[C@@H](CC(=O)c2ccccc2)CCC[C@H]1C[C@H](O)c1ccccc1.Cl.O=S(=O)(O)O.